The molecule has 0 fully saturated rings. The Kier molecular flexibility index (Phi) is 4.96. The molecule has 0 aliphatic rings. The molecule has 0 radical (unpaired) electrons. The van der Waals surface area contributed by atoms with Crippen LogP contribution in [0.4, 0.5) is 15.9 Å². The maximum atomic E-state index is 12.9. The van der Waals surface area contributed by atoms with Gasteiger partial charge in [-0.15, -0.1) is 0 Å². The van der Waals surface area contributed by atoms with Gasteiger partial charge in [0.1, 0.15) is 17.3 Å². The van der Waals surface area contributed by atoms with Crippen LogP contribution in [0.5, 0.6) is 0 Å². The third-order valence-corrected chi connectivity index (χ3v) is 3.20. The van der Waals surface area contributed by atoms with Gasteiger partial charge in [-0.2, -0.15) is 0 Å². The second kappa shape index (κ2) is 6.72. The highest BCUT2D eigenvalue weighted by Gasteiger charge is 2.11. The largest absolute Gasteiger partial charge is 0.393 e. The number of nitrogens with one attached hydrogen (secondary N) is 1. The molecule has 0 saturated heterocycles. The fraction of sp³-hybridized carbons (Fsp3) is 0.333. The average molecular weight is 309 g/mol. The predicted molar refractivity (Wildman–Crippen MR) is 83.7 cm³/mol. The number of nitrogens with two attached hydrogens (primary N) is 1. The van der Waals surface area contributed by atoms with Gasteiger partial charge in [-0.05, 0) is 23.6 Å². The first-order valence-electron chi connectivity index (χ1n) is 6.76. The molecule has 1 aromatic carbocycles. The first-order valence-corrected chi connectivity index (χ1v) is 7.13. The van der Waals surface area contributed by atoms with Crippen LogP contribution in [0.1, 0.15) is 25.2 Å². The Balaban J connectivity index is 2.14. The second-order valence-electron chi connectivity index (χ2n) is 5.27. The normalized spacial score (nSPS) is 10.9. The quantitative estimate of drug-likeness (QED) is 0.827. The molecule has 0 bridgehead atoms. The summed E-state index contributed by atoms with van der Waals surface area (Å²) >= 11 is 6.04. The highest BCUT2D eigenvalue weighted by molar-refractivity contribution is 6.32. The number of benzene rings is 1. The molecule has 0 unspecified atom stereocenters. The Morgan fingerprint density at radius 3 is 2.52 bits per heavy atom. The van der Waals surface area contributed by atoms with Gasteiger partial charge in [-0.1, -0.05) is 37.6 Å². The molecular weight excluding hydrogens is 291 g/mol. The molecule has 4 nitrogen and oxygen atoms in total. The van der Waals surface area contributed by atoms with Crippen LogP contribution in [0.3, 0.4) is 0 Å². The summed E-state index contributed by atoms with van der Waals surface area (Å²) in [6.45, 7) is 4.65. The van der Waals surface area contributed by atoms with E-state index in [2.05, 4.69) is 29.1 Å². The van der Waals surface area contributed by atoms with Gasteiger partial charge in [0.15, 0.2) is 11.0 Å². The molecule has 3 N–H and O–H groups in total. The maximum absolute atomic E-state index is 12.9. The SMILES string of the molecule is CC(C)Cc1nc(Cl)c(N)c(NCc2ccc(F)cc2)n1. The van der Waals surface area contributed by atoms with Crippen molar-refractivity contribution in [1.82, 2.24) is 9.97 Å². The summed E-state index contributed by atoms with van der Waals surface area (Å²) in [7, 11) is 0. The molecule has 2 aromatic rings. The van der Waals surface area contributed by atoms with Crippen molar-refractivity contribution in [3.63, 3.8) is 0 Å². The number of hydrogen-bond donors (Lipinski definition) is 2. The van der Waals surface area contributed by atoms with Gasteiger partial charge < -0.3 is 11.1 Å². The summed E-state index contributed by atoms with van der Waals surface area (Å²) in [4.78, 5) is 8.58. The molecule has 0 aliphatic carbocycles. The summed E-state index contributed by atoms with van der Waals surface area (Å²) < 4.78 is 12.9. The van der Waals surface area contributed by atoms with E-state index in [9.17, 15) is 4.39 Å². The Hall–Kier alpha value is -1.88. The van der Waals surface area contributed by atoms with E-state index < -0.39 is 0 Å². The first-order chi connectivity index (χ1) is 9.95. The van der Waals surface area contributed by atoms with Crippen molar-refractivity contribution in [2.45, 2.75) is 26.8 Å². The van der Waals surface area contributed by atoms with E-state index in [1.807, 2.05) is 0 Å². The minimum absolute atomic E-state index is 0.252. The Morgan fingerprint density at radius 1 is 1.24 bits per heavy atom. The number of hydrogen-bond acceptors (Lipinski definition) is 4. The molecule has 0 saturated carbocycles. The van der Waals surface area contributed by atoms with Crippen LogP contribution in [0.25, 0.3) is 0 Å². The second-order valence-corrected chi connectivity index (χ2v) is 5.63. The lowest BCUT2D eigenvalue weighted by molar-refractivity contribution is 0.621. The minimum atomic E-state index is -0.262. The van der Waals surface area contributed by atoms with Crippen molar-refractivity contribution in [2.75, 3.05) is 11.1 Å². The van der Waals surface area contributed by atoms with Crippen LogP contribution >= 0.6 is 11.6 Å². The van der Waals surface area contributed by atoms with Gasteiger partial charge in [-0.3, -0.25) is 0 Å². The lowest BCUT2D eigenvalue weighted by Crippen LogP contribution is -2.10. The lowest BCUT2D eigenvalue weighted by atomic mass is 10.1. The summed E-state index contributed by atoms with van der Waals surface area (Å²) in [6.07, 6.45) is 0.727. The van der Waals surface area contributed by atoms with Gasteiger partial charge in [-0.25, -0.2) is 14.4 Å². The van der Waals surface area contributed by atoms with Crippen molar-refractivity contribution in [3.8, 4) is 0 Å². The minimum Gasteiger partial charge on any atom is -0.393 e. The van der Waals surface area contributed by atoms with Crippen LogP contribution in [-0.2, 0) is 13.0 Å². The number of aromatic nitrogens is 2. The molecule has 1 heterocycles. The number of rotatable bonds is 5. The Bertz CT molecular complexity index is 614. The van der Waals surface area contributed by atoms with Crippen molar-refractivity contribution < 1.29 is 4.39 Å². The number of nitrogens with zero attached hydrogens (tertiary/aromatic N) is 2. The van der Waals surface area contributed by atoms with Crippen molar-refractivity contribution in [1.29, 1.82) is 0 Å². The fourth-order valence-corrected chi connectivity index (χ4v) is 2.05. The summed E-state index contributed by atoms with van der Waals surface area (Å²) in [6, 6.07) is 6.24. The van der Waals surface area contributed by atoms with Crippen LogP contribution < -0.4 is 11.1 Å². The van der Waals surface area contributed by atoms with Crippen molar-refractivity contribution in [2.24, 2.45) is 5.92 Å². The smallest absolute Gasteiger partial charge is 0.157 e. The topological polar surface area (TPSA) is 63.8 Å². The molecule has 112 valence electrons. The van der Waals surface area contributed by atoms with E-state index in [4.69, 9.17) is 17.3 Å². The molecule has 0 amide bonds. The fourth-order valence-electron chi connectivity index (χ4n) is 1.86. The lowest BCUT2D eigenvalue weighted by Gasteiger charge is -2.12. The van der Waals surface area contributed by atoms with Crippen LogP contribution in [0.2, 0.25) is 5.15 Å². The Morgan fingerprint density at radius 2 is 1.90 bits per heavy atom. The number of nitrogen functional groups attached to an aromatic ring is 1. The van der Waals surface area contributed by atoms with Gasteiger partial charge in [0.05, 0.1) is 0 Å². The molecule has 21 heavy (non-hydrogen) atoms. The highest BCUT2D eigenvalue weighted by Crippen LogP contribution is 2.25. The van der Waals surface area contributed by atoms with E-state index in [1.54, 1.807) is 12.1 Å². The number of halogens is 2. The van der Waals surface area contributed by atoms with Crippen molar-refractivity contribution >= 4 is 23.1 Å². The van der Waals surface area contributed by atoms with E-state index in [-0.39, 0.29) is 11.0 Å². The third kappa shape index (κ3) is 4.29. The summed E-state index contributed by atoms with van der Waals surface area (Å²) in [5, 5.41) is 3.37. The van der Waals surface area contributed by atoms with Gasteiger partial charge in [0, 0.05) is 13.0 Å². The van der Waals surface area contributed by atoms with Crippen LogP contribution in [-0.4, -0.2) is 9.97 Å². The molecule has 6 heteroatoms. The van der Waals surface area contributed by atoms with Crippen LogP contribution in [0, 0.1) is 11.7 Å². The van der Waals surface area contributed by atoms with Gasteiger partial charge in [0.2, 0.25) is 0 Å². The monoisotopic (exact) mass is 308 g/mol. The molecule has 1 aromatic heterocycles. The molecule has 0 spiro atoms. The molecule has 0 aliphatic heterocycles. The zero-order valence-corrected chi connectivity index (χ0v) is 12.8. The standard InChI is InChI=1S/C15H18ClFN4/c1-9(2)7-12-20-14(16)13(18)15(21-12)19-8-10-3-5-11(17)6-4-10/h3-6,9H,7-8,18H2,1-2H3,(H,19,20,21). The molecular formula is C15H18ClFN4. The molecule has 2 rings (SSSR count). The summed E-state index contributed by atoms with van der Waals surface area (Å²) in [5.74, 6) is 1.33. The average Bonchev–Trinajstić information content (AvgIpc) is 2.42. The molecule has 0 atom stereocenters. The predicted octanol–water partition coefficient (Wildman–Crippen LogP) is 3.66. The zero-order valence-electron chi connectivity index (χ0n) is 12.0. The number of anilines is 2. The van der Waals surface area contributed by atoms with Crippen molar-refractivity contribution in [3.05, 3.63) is 46.6 Å². The summed E-state index contributed by atoms with van der Waals surface area (Å²) in [5.41, 5.74) is 7.14. The highest BCUT2D eigenvalue weighted by atomic mass is 35.5. The van der Waals surface area contributed by atoms with E-state index >= 15 is 0 Å². The van der Waals surface area contributed by atoms with Gasteiger partial charge >= 0.3 is 0 Å². The van der Waals surface area contributed by atoms with E-state index in [1.165, 1.54) is 12.1 Å². The third-order valence-electron chi connectivity index (χ3n) is 2.91. The first kappa shape index (κ1) is 15.5. The Labute approximate surface area is 128 Å². The van der Waals surface area contributed by atoms with E-state index in [0.717, 1.165) is 12.0 Å². The maximum Gasteiger partial charge on any atom is 0.157 e. The zero-order chi connectivity index (χ0) is 15.4. The van der Waals surface area contributed by atoms with E-state index in [0.29, 0.717) is 29.8 Å². The van der Waals surface area contributed by atoms with Gasteiger partial charge in [0.25, 0.3) is 0 Å². The van der Waals surface area contributed by atoms with Crippen LogP contribution in [0.15, 0.2) is 24.3 Å².